The lowest BCUT2D eigenvalue weighted by molar-refractivity contribution is 0.186. The number of hydrogen-bond donors (Lipinski definition) is 1. The van der Waals surface area contributed by atoms with Gasteiger partial charge in [-0.05, 0) is 36.5 Å². The van der Waals surface area contributed by atoms with Crippen LogP contribution in [0.4, 0.5) is 10.5 Å². The number of carbonyl (C=O) groups excluding carboxylic acids is 1. The maximum absolute atomic E-state index is 12.3. The molecule has 1 aromatic rings. The highest BCUT2D eigenvalue weighted by Gasteiger charge is 2.20. The summed E-state index contributed by atoms with van der Waals surface area (Å²) in [6, 6.07) is 7.54. The number of amides is 2. The molecule has 0 bridgehead atoms. The molecule has 2 rings (SSSR count). The van der Waals surface area contributed by atoms with Gasteiger partial charge in [-0.25, -0.2) is 4.79 Å². The number of rotatable bonds is 6. The summed E-state index contributed by atoms with van der Waals surface area (Å²) in [5.74, 6) is 1.71. The molecule has 128 valence electrons. The van der Waals surface area contributed by atoms with Crippen molar-refractivity contribution in [3.05, 3.63) is 29.8 Å². The third-order valence-corrected chi connectivity index (χ3v) is 5.37. The van der Waals surface area contributed by atoms with Crippen molar-refractivity contribution < 1.29 is 13.7 Å². The molecule has 1 aromatic carbocycles. The van der Waals surface area contributed by atoms with E-state index >= 15 is 0 Å². The van der Waals surface area contributed by atoms with Gasteiger partial charge in [0.05, 0.1) is 6.61 Å². The Morgan fingerprint density at radius 2 is 2.13 bits per heavy atom. The molecule has 0 unspecified atom stereocenters. The molecule has 0 saturated carbocycles. The molecule has 1 atom stereocenters. The maximum Gasteiger partial charge on any atom is 0.321 e. The topological polar surface area (TPSA) is 58.6 Å². The maximum atomic E-state index is 12.3. The fourth-order valence-electron chi connectivity index (χ4n) is 2.59. The Hall–Kier alpha value is -1.40. The highest BCUT2D eigenvalue weighted by atomic mass is 32.2. The van der Waals surface area contributed by atoms with Gasteiger partial charge in [0.1, 0.15) is 0 Å². The van der Waals surface area contributed by atoms with Gasteiger partial charge in [0, 0.05) is 48.2 Å². The zero-order valence-corrected chi connectivity index (χ0v) is 14.7. The first kappa shape index (κ1) is 17.9. The van der Waals surface area contributed by atoms with Crippen molar-refractivity contribution in [1.29, 1.82) is 0 Å². The Labute approximate surface area is 140 Å². The molecule has 5 nitrogen and oxygen atoms in total. The summed E-state index contributed by atoms with van der Waals surface area (Å²) in [5.41, 5.74) is 1.72. The van der Waals surface area contributed by atoms with E-state index in [0.717, 1.165) is 37.2 Å². The van der Waals surface area contributed by atoms with Crippen LogP contribution < -0.4 is 5.32 Å². The van der Waals surface area contributed by atoms with Crippen LogP contribution in [0.5, 0.6) is 0 Å². The lowest BCUT2D eigenvalue weighted by Crippen LogP contribution is -2.40. The third kappa shape index (κ3) is 5.95. The normalized spacial score (nSPS) is 17.0. The standard InChI is InChI=1S/C17H26N2O3S/c1-14-6-8-19(9-7-14)17(20)18-16-5-3-4-15(12-16)13-23(21)11-10-22-2/h3-5,12,14H,6-11,13H2,1-2H3,(H,18,20)/t23-/m1/s1. The van der Waals surface area contributed by atoms with Crippen LogP contribution in [0.15, 0.2) is 24.3 Å². The van der Waals surface area contributed by atoms with E-state index in [2.05, 4.69) is 12.2 Å². The van der Waals surface area contributed by atoms with E-state index < -0.39 is 10.8 Å². The van der Waals surface area contributed by atoms with Crippen LogP contribution in [0.1, 0.15) is 25.3 Å². The number of nitrogens with zero attached hydrogens (tertiary/aromatic N) is 1. The number of methoxy groups -OCH3 is 1. The van der Waals surface area contributed by atoms with Crippen LogP contribution >= 0.6 is 0 Å². The van der Waals surface area contributed by atoms with Crippen molar-refractivity contribution in [3.8, 4) is 0 Å². The van der Waals surface area contributed by atoms with Crippen molar-refractivity contribution in [2.75, 3.05) is 37.9 Å². The molecular formula is C17H26N2O3S. The molecule has 0 spiro atoms. The summed E-state index contributed by atoms with van der Waals surface area (Å²) in [4.78, 5) is 14.2. The number of hydrogen-bond acceptors (Lipinski definition) is 3. The molecule has 1 aliphatic rings. The smallest absolute Gasteiger partial charge is 0.321 e. The average Bonchev–Trinajstić information content (AvgIpc) is 2.54. The van der Waals surface area contributed by atoms with Crippen LogP contribution in [0, 0.1) is 5.92 Å². The molecule has 1 aliphatic heterocycles. The Balaban J connectivity index is 1.89. The highest BCUT2D eigenvalue weighted by molar-refractivity contribution is 7.84. The van der Waals surface area contributed by atoms with Crippen LogP contribution in [-0.2, 0) is 21.3 Å². The van der Waals surface area contributed by atoms with Gasteiger partial charge >= 0.3 is 6.03 Å². The first-order valence-corrected chi connectivity index (χ1v) is 9.56. The minimum Gasteiger partial charge on any atom is -0.384 e. The van der Waals surface area contributed by atoms with Gasteiger partial charge in [-0.15, -0.1) is 0 Å². The number of anilines is 1. The van der Waals surface area contributed by atoms with Gasteiger partial charge in [0.25, 0.3) is 0 Å². The van der Waals surface area contributed by atoms with Crippen molar-refractivity contribution >= 4 is 22.5 Å². The summed E-state index contributed by atoms with van der Waals surface area (Å²) in [5, 5.41) is 2.95. The van der Waals surface area contributed by atoms with E-state index in [9.17, 15) is 9.00 Å². The van der Waals surface area contributed by atoms with Crippen molar-refractivity contribution in [3.63, 3.8) is 0 Å². The first-order chi connectivity index (χ1) is 11.1. The minimum absolute atomic E-state index is 0.0467. The van der Waals surface area contributed by atoms with Crippen molar-refractivity contribution in [2.24, 2.45) is 5.92 Å². The SMILES string of the molecule is COCC[S@@](=O)Cc1cccc(NC(=O)N2CCC(C)CC2)c1. The Bertz CT molecular complexity index is 542. The summed E-state index contributed by atoms with van der Waals surface area (Å²) in [6.07, 6.45) is 2.12. The van der Waals surface area contributed by atoms with Gasteiger partial charge in [-0.3, -0.25) is 4.21 Å². The minimum atomic E-state index is -0.948. The Morgan fingerprint density at radius 1 is 1.39 bits per heavy atom. The predicted molar refractivity (Wildman–Crippen MR) is 94.0 cm³/mol. The van der Waals surface area contributed by atoms with Crippen LogP contribution in [0.2, 0.25) is 0 Å². The van der Waals surface area contributed by atoms with E-state index in [1.165, 1.54) is 0 Å². The number of carbonyl (C=O) groups is 1. The predicted octanol–water partition coefficient (Wildman–Crippen LogP) is 2.85. The number of likely N-dealkylation sites (tertiary alicyclic amines) is 1. The molecule has 23 heavy (non-hydrogen) atoms. The lowest BCUT2D eigenvalue weighted by Gasteiger charge is -2.30. The molecule has 0 aliphatic carbocycles. The van der Waals surface area contributed by atoms with E-state index in [4.69, 9.17) is 4.74 Å². The van der Waals surface area contributed by atoms with Crippen LogP contribution in [-0.4, -0.2) is 47.7 Å². The Morgan fingerprint density at radius 3 is 2.83 bits per heavy atom. The van der Waals surface area contributed by atoms with Gasteiger partial charge < -0.3 is 15.0 Å². The van der Waals surface area contributed by atoms with Gasteiger partial charge in [-0.2, -0.15) is 0 Å². The van der Waals surface area contributed by atoms with Gasteiger partial charge in [0.2, 0.25) is 0 Å². The zero-order valence-electron chi connectivity index (χ0n) is 13.9. The van der Waals surface area contributed by atoms with E-state index in [0.29, 0.717) is 24.0 Å². The second-order valence-electron chi connectivity index (χ2n) is 6.08. The van der Waals surface area contributed by atoms with Crippen molar-refractivity contribution in [1.82, 2.24) is 4.90 Å². The number of piperidine rings is 1. The zero-order chi connectivity index (χ0) is 16.7. The number of ether oxygens (including phenoxy) is 1. The van der Waals surface area contributed by atoms with E-state index in [1.807, 2.05) is 29.2 Å². The summed E-state index contributed by atoms with van der Waals surface area (Å²) >= 11 is 0. The third-order valence-electron chi connectivity index (χ3n) is 4.09. The number of nitrogens with one attached hydrogen (secondary N) is 1. The average molecular weight is 338 g/mol. The van der Waals surface area contributed by atoms with E-state index in [-0.39, 0.29) is 6.03 Å². The molecule has 2 amide bonds. The molecule has 0 aromatic heterocycles. The Kier molecular flexibility index (Phi) is 7.05. The number of urea groups is 1. The quantitative estimate of drug-likeness (QED) is 0.868. The summed E-state index contributed by atoms with van der Waals surface area (Å²) < 4.78 is 16.9. The lowest BCUT2D eigenvalue weighted by atomic mass is 10.00. The molecule has 6 heteroatoms. The fourth-order valence-corrected chi connectivity index (χ4v) is 3.64. The molecule has 0 radical (unpaired) electrons. The second-order valence-corrected chi connectivity index (χ2v) is 7.66. The number of benzene rings is 1. The van der Waals surface area contributed by atoms with Gasteiger partial charge in [-0.1, -0.05) is 19.1 Å². The highest BCUT2D eigenvalue weighted by Crippen LogP contribution is 2.18. The van der Waals surface area contributed by atoms with E-state index in [1.54, 1.807) is 7.11 Å². The molecule has 1 saturated heterocycles. The monoisotopic (exact) mass is 338 g/mol. The van der Waals surface area contributed by atoms with Crippen molar-refractivity contribution in [2.45, 2.75) is 25.5 Å². The van der Waals surface area contributed by atoms with Gasteiger partial charge in [0.15, 0.2) is 0 Å². The molecule has 1 fully saturated rings. The molecule has 1 N–H and O–H groups in total. The second kappa shape index (κ2) is 9.03. The van der Waals surface area contributed by atoms with Crippen LogP contribution in [0.3, 0.4) is 0 Å². The largest absolute Gasteiger partial charge is 0.384 e. The fraction of sp³-hybridized carbons (Fsp3) is 0.588. The van der Waals surface area contributed by atoms with Crippen LogP contribution in [0.25, 0.3) is 0 Å². The summed E-state index contributed by atoms with van der Waals surface area (Å²) in [6.45, 7) is 4.35. The molecule has 1 heterocycles. The first-order valence-electron chi connectivity index (χ1n) is 8.07. The summed E-state index contributed by atoms with van der Waals surface area (Å²) in [7, 11) is 0.658. The molecular weight excluding hydrogens is 312 g/mol.